The highest BCUT2D eigenvalue weighted by Crippen LogP contribution is 2.20. The quantitative estimate of drug-likeness (QED) is 0.667. The zero-order valence-electron chi connectivity index (χ0n) is 11.2. The van der Waals surface area contributed by atoms with Crippen LogP contribution in [-0.2, 0) is 13.1 Å². The van der Waals surface area contributed by atoms with Gasteiger partial charge < -0.3 is 14.8 Å². The summed E-state index contributed by atoms with van der Waals surface area (Å²) >= 11 is 0. The van der Waals surface area contributed by atoms with Gasteiger partial charge in [-0.1, -0.05) is 11.3 Å². The van der Waals surface area contributed by atoms with Gasteiger partial charge in [0, 0.05) is 24.7 Å². The summed E-state index contributed by atoms with van der Waals surface area (Å²) in [5.41, 5.74) is 1.65. The smallest absolute Gasteiger partial charge is 0.371 e. The molecule has 0 spiro atoms. The van der Waals surface area contributed by atoms with Gasteiger partial charge in [-0.2, -0.15) is 0 Å². The third kappa shape index (κ3) is 3.09. The third-order valence-corrected chi connectivity index (χ3v) is 3.11. The third-order valence-electron chi connectivity index (χ3n) is 3.11. The fourth-order valence-corrected chi connectivity index (χ4v) is 2.09. The Balaban J connectivity index is 1.60. The number of carboxylic acids is 1. The van der Waals surface area contributed by atoms with Gasteiger partial charge >= 0.3 is 5.97 Å². The lowest BCUT2D eigenvalue weighted by molar-refractivity contribution is 0.0665. The van der Waals surface area contributed by atoms with E-state index in [1.165, 1.54) is 6.07 Å². The van der Waals surface area contributed by atoms with Crippen LogP contribution in [0.15, 0.2) is 41.1 Å². The van der Waals surface area contributed by atoms with E-state index >= 15 is 0 Å². The molecule has 0 saturated carbocycles. The molecule has 0 aliphatic heterocycles. The number of fused-ring (bicyclic) bond motifs is 1. The van der Waals surface area contributed by atoms with Crippen LogP contribution in [0.3, 0.4) is 0 Å². The van der Waals surface area contributed by atoms with Crippen molar-refractivity contribution >= 4 is 16.9 Å². The van der Waals surface area contributed by atoms with Crippen LogP contribution in [0, 0.1) is 0 Å². The molecule has 2 heterocycles. The van der Waals surface area contributed by atoms with Gasteiger partial charge in [0.05, 0.1) is 12.7 Å². The summed E-state index contributed by atoms with van der Waals surface area (Å²) in [6.45, 7) is 2.21. The van der Waals surface area contributed by atoms with Crippen molar-refractivity contribution in [3.05, 3.63) is 48.0 Å². The zero-order valence-corrected chi connectivity index (χ0v) is 11.2. The van der Waals surface area contributed by atoms with E-state index in [2.05, 4.69) is 15.6 Å². The number of carbonyl (C=O) groups is 1. The molecule has 0 radical (unpaired) electrons. The number of carboxylic acid groups (broad SMARTS) is 1. The first-order valence-electron chi connectivity index (χ1n) is 6.53. The molecule has 0 atom stereocenters. The minimum absolute atomic E-state index is 0.0405. The summed E-state index contributed by atoms with van der Waals surface area (Å²) in [4.78, 5) is 10.9. The molecule has 3 aromatic rings. The molecule has 0 amide bonds. The van der Waals surface area contributed by atoms with E-state index in [0.717, 1.165) is 24.0 Å². The highest BCUT2D eigenvalue weighted by atomic mass is 16.4. The lowest BCUT2D eigenvalue weighted by atomic mass is 10.1. The van der Waals surface area contributed by atoms with Crippen molar-refractivity contribution in [3.63, 3.8) is 0 Å². The van der Waals surface area contributed by atoms with Gasteiger partial charge in [0.15, 0.2) is 0 Å². The molecular weight excluding hydrogens is 272 g/mol. The Morgan fingerprint density at radius 1 is 1.38 bits per heavy atom. The number of nitrogens with one attached hydrogen (secondary N) is 1. The van der Waals surface area contributed by atoms with Crippen LogP contribution in [0.25, 0.3) is 11.0 Å². The molecule has 7 nitrogen and oxygen atoms in total. The molecule has 0 unspecified atom stereocenters. The number of hydrogen-bond donors (Lipinski definition) is 2. The lowest BCUT2D eigenvalue weighted by Gasteiger charge is -2.04. The Hall–Kier alpha value is -2.67. The van der Waals surface area contributed by atoms with Crippen molar-refractivity contribution < 1.29 is 14.3 Å². The van der Waals surface area contributed by atoms with Crippen molar-refractivity contribution in [2.24, 2.45) is 0 Å². The Kier molecular flexibility index (Phi) is 3.65. The monoisotopic (exact) mass is 286 g/mol. The Morgan fingerprint density at radius 2 is 2.29 bits per heavy atom. The Labute approximate surface area is 120 Å². The molecule has 0 aliphatic rings. The van der Waals surface area contributed by atoms with Gasteiger partial charge in [0.25, 0.3) is 0 Å². The summed E-state index contributed by atoms with van der Waals surface area (Å²) < 4.78 is 6.98. The summed E-state index contributed by atoms with van der Waals surface area (Å²) in [6, 6.07) is 7.17. The predicted octanol–water partition coefficient (Wildman–Crippen LogP) is 1.51. The molecule has 21 heavy (non-hydrogen) atoms. The highest BCUT2D eigenvalue weighted by molar-refractivity contribution is 5.91. The molecule has 3 rings (SSSR count). The highest BCUT2D eigenvalue weighted by Gasteiger charge is 2.10. The maximum absolute atomic E-state index is 10.9. The number of furan rings is 1. The summed E-state index contributed by atoms with van der Waals surface area (Å²) in [6.07, 6.45) is 3.46. The average Bonchev–Trinajstić information content (AvgIpc) is 3.12. The average molecular weight is 286 g/mol. The van der Waals surface area contributed by atoms with E-state index in [-0.39, 0.29) is 5.76 Å². The van der Waals surface area contributed by atoms with Gasteiger partial charge in [0.1, 0.15) is 5.58 Å². The second-order valence-electron chi connectivity index (χ2n) is 4.63. The normalized spacial score (nSPS) is 11.0. The van der Waals surface area contributed by atoms with Crippen molar-refractivity contribution in [2.45, 2.75) is 13.1 Å². The van der Waals surface area contributed by atoms with E-state index in [0.29, 0.717) is 12.1 Å². The zero-order chi connectivity index (χ0) is 14.7. The molecule has 2 aromatic heterocycles. The molecule has 0 fully saturated rings. The van der Waals surface area contributed by atoms with Gasteiger partial charge in [-0.25, -0.2) is 4.79 Å². The number of benzene rings is 1. The largest absolute Gasteiger partial charge is 0.475 e. The fourth-order valence-electron chi connectivity index (χ4n) is 2.09. The number of hydrogen-bond acceptors (Lipinski definition) is 5. The van der Waals surface area contributed by atoms with Gasteiger partial charge in [0.2, 0.25) is 5.76 Å². The first-order chi connectivity index (χ1) is 10.2. The van der Waals surface area contributed by atoms with Crippen LogP contribution >= 0.6 is 0 Å². The Morgan fingerprint density at radius 3 is 3.05 bits per heavy atom. The van der Waals surface area contributed by atoms with Crippen molar-refractivity contribution in [2.75, 3.05) is 6.54 Å². The van der Waals surface area contributed by atoms with Crippen molar-refractivity contribution in [1.29, 1.82) is 0 Å². The SMILES string of the molecule is O=C(O)c1cc2cc(CNCCn3ccnn3)ccc2o1. The molecule has 1 aromatic carbocycles. The Bertz CT molecular complexity index is 749. The van der Waals surface area contributed by atoms with E-state index in [9.17, 15) is 4.79 Å². The second kappa shape index (κ2) is 5.76. The minimum Gasteiger partial charge on any atom is -0.475 e. The summed E-state index contributed by atoms with van der Waals surface area (Å²) in [5.74, 6) is -1.10. The maximum Gasteiger partial charge on any atom is 0.371 e. The summed E-state index contributed by atoms with van der Waals surface area (Å²) in [5, 5.41) is 20.6. The van der Waals surface area contributed by atoms with Crippen LogP contribution in [0.4, 0.5) is 0 Å². The van der Waals surface area contributed by atoms with E-state index in [1.54, 1.807) is 16.9 Å². The molecule has 0 bridgehead atoms. The second-order valence-corrected chi connectivity index (χ2v) is 4.63. The van der Waals surface area contributed by atoms with Gasteiger partial charge in [-0.05, 0) is 23.8 Å². The van der Waals surface area contributed by atoms with Crippen molar-refractivity contribution in [3.8, 4) is 0 Å². The first kappa shape index (κ1) is 13.3. The van der Waals surface area contributed by atoms with Crippen molar-refractivity contribution in [1.82, 2.24) is 20.3 Å². The molecule has 108 valence electrons. The molecular formula is C14H14N4O3. The minimum atomic E-state index is -1.06. The number of rotatable bonds is 6. The van der Waals surface area contributed by atoms with Crippen LogP contribution < -0.4 is 5.32 Å². The van der Waals surface area contributed by atoms with Gasteiger partial charge in [-0.3, -0.25) is 4.68 Å². The van der Waals surface area contributed by atoms with Crippen LogP contribution in [0.2, 0.25) is 0 Å². The fraction of sp³-hybridized carbons (Fsp3) is 0.214. The lowest BCUT2D eigenvalue weighted by Crippen LogP contribution is -2.19. The first-order valence-corrected chi connectivity index (χ1v) is 6.53. The van der Waals surface area contributed by atoms with Crippen LogP contribution in [-0.4, -0.2) is 32.6 Å². The number of aromatic carboxylic acids is 1. The maximum atomic E-state index is 10.9. The molecule has 2 N–H and O–H groups in total. The van der Waals surface area contributed by atoms with Crippen LogP contribution in [0.1, 0.15) is 16.1 Å². The standard InChI is InChI=1S/C14H14N4O3/c19-14(20)13-8-11-7-10(1-2-12(11)21-13)9-15-3-5-18-6-4-16-17-18/h1-2,4,6-8,15H,3,5,9H2,(H,19,20). The molecule has 0 saturated heterocycles. The summed E-state index contributed by atoms with van der Waals surface area (Å²) in [7, 11) is 0. The number of aromatic nitrogens is 3. The topological polar surface area (TPSA) is 93.2 Å². The molecule has 0 aliphatic carbocycles. The van der Waals surface area contributed by atoms with Crippen LogP contribution in [0.5, 0.6) is 0 Å². The van der Waals surface area contributed by atoms with E-state index in [4.69, 9.17) is 9.52 Å². The number of nitrogens with zero attached hydrogens (tertiary/aromatic N) is 3. The molecule has 7 heteroatoms. The predicted molar refractivity (Wildman–Crippen MR) is 74.9 cm³/mol. The van der Waals surface area contributed by atoms with Gasteiger partial charge in [-0.15, -0.1) is 5.10 Å². The van der Waals surface area contributed by atoms with E-state index < -0.39 is 5.97 Å². The van der Waals surface area contributed by atoms with E-state index in [1.807, 2.05) is 18.3 Å².